The van der Waals surface area contributed by atoms with E-state index in [0.29, 0.717) is 31.3 Å². The first-order valence-corrected chi connectivity index (χ1v) is 12.0. The summed E-state index contributed by atoms with van der Waals surface area (Å²) in [4.78, 5) is 30.4. The van der Waals surface area contributed by atoms with Crippen molar-refractivity contribution in [2.24, 2.45) is 0 Å². The molecular weight excluding hydrogens is 497 g/mol. The van der Waals surface area contributed by atoms with Crippen LogP contribution in [0.3, 0.4) is 0 Å². The van der Waals surface area contributed by atoms with E-state index in [1.165, 1.54) is 0 Å². The van der Waals surface area contributed by atoms with Crippen LogP contribution in [0.1, 0.15) is 42.7 Å². The van der Waals surface area contributed by atoms with Crippen molar-refractivity contribution in [2.45, 2.75) is 52.9 Å². The molecule has 0 unspecified atom stereocenters. The van der Waals surface area contributed by atoms with Gasteiger partial charge >= 0.3 is 35.3 Å². The molecule has 2 heterocycles. The number of aryl methyl sites for hydroxylation is 1. The molecule has 0 saturated carbocycles. The molecule has 1 N–H and O–H groups in total. The van der Waals surface area contributed by atoms with Crippen molar-refractivity contribution in [3.05, 3.63) is 98.0 Å². The molecule has 4 rings (SSSR count). The van der Waals surface area contributed by atoms with Gasteiger partial charge in [0.1, 0.15) is 12.4 Å². The normalized spacial score (nSPS) is 11.2. The van der Waals surface area contributed by atoms with Gasteiger partial charge in [-0.3, -0.25) is 9.53 Å². The Morgan fingerprint density at radius 2 is 1.74 bits per heavy atom. The van der Waals surface area contributed by atoms with Crippen molar-refractivity contribution in [1.29, 1.82) is 0 Å². The van der Waals surface area contributed by atoms with Gasteiger partial charge in [0.2, 0.25) is 5.88 Å². The van der Waals surface area contributed by atoms with E-state index in [-0.39, 0.29) is 36.1 Å². The quantitative estimate of drug-likeness (QED) is 0.298. The first-order valence-electron chi connectivity index (χ1n) is 12.0. The monoisotopic (exact) mass is 527 g/mol. The van der Waals surface area contributed by atoms with Crippen LogP contribution in [0.2, 0.25) is 0 Å². The number of nitrogens with zero attached hydrogens (tertiary/aromatic N) is 3. The van der Waals surface area contributed by atoms with Gasteiger partial charge in [-0.2, -0.15) is 0 Å². The Balaban J connectivity index is 0.00000400. The van der Waals surface area contributed by atoms with Crippen molar-refractivity contribution in [3.8, 4) is 22.8 Å². The second-order valence-corrected chi connectivity index (χ2v) is 9.50. The molecule has 0 saturated heterocycles. The number of hydrogen-bond acceptors (Lipinski definition) is 7. The molecule has 0 atom stereocenters. The van der Waals surface area contributed by atoms with Crippen molar-refractivity contribution in [2.75, 3.05) is 6.61 Å². The summed E-state index contributed by atoms with van der Waals surface area (Å²) in [7, 11) is 0. The smallest absolute Gasteiger partial charge is 0.489 e. The van der Waals surface area contributed by atoms with E-state index in [0.717, 1.165) is 38.3 Å². The number of hydrogen-bond donors (Lipinski definition) is 1. The van der Waals surface area contributed by atoms with Crippen LogP contribution >= 0.6 is 0 Å². The van der Waals surface area contributed by atoms with Gasteiger partial charge in [0.25, 0.3) is 0 Å². The molecule has 0 spiro atoms. The molecule has 2 aromatic carbocycles. The van der Waals surface area contributed by atoms with Crippen molar-refractivity contribution in [1.82, 2.24) is 14.7 Å². The van der Waals surface area contributed by atoms with Gasteiger partial charge in [0.05, 0.1) is 12.2 Å². The van der Waals surface area contributed by atoms with Crippen LogP contribution in [0, 0.1) is 13.8 Å². The molecule has 0 aliphatic heterocycles. The van der Waals surface area contributed by atoms with Gasteiger partial charge in [-0.15, -0.1) is 0 Å². The largest absolute Gasteiger partial charge is 1.00 e. The number of aromatic nitrogens is 3. The van der Waals surface area contributed by atoms with Crippen LogP contribution in [0.15, 0.2) is 68.7 Å². The van der Waals surface area contributed by atoms with Gasteiger partial charge in [-0.1, -0.05) is 30.3 Å². The van der Waals surface area contributed by atoms with Crippen LogP contribution in [-0.2, 0) is 13.2 Å². The maximum absolute atomic E-state index is 11.6. The molecule has 0 fully saturated rings. The number of ether oxygens (including phenoxy) is 2. The number of aliphatic hydroxyl groups is 1. The van der Waals surface area contributed by atoms with Crippen LogP contribution in [-0.4, -0.2) is 27.0 Å². The Bertz CT molecular complexity index is 1480. The molecule has 2 aromatic heterocycles. The minimum Gasteiger partial charge on any atom is -0.489 e. The second-order valence-electron chi connectivity index (χ2n) is 9.50. The topological polar surface area (TPSA) is 118 Å². The molecule has 0 bridgehead atoms. The third kappa shape index (κ3) is 7.70. The van der Waals surface area contributed by atoms with E-state index in [9.17, 15) is 14.7 Å². The summed E-state index contributed by atoms with van der Waals surface area (Å²) >= 11 is 0. The standard InChI is InChI=1S/C28H31N3O6.Na/c1-18-21(17-36-22-10-8-20(9-11-22)16-31-26(32)30-27(33)37-31)6-5-7-23(18)24-12-13-25(29-19(24)2)35-15-14-28(3,4)34;/h5-13,34H,14-17H2,1-4H3,(H,30,32,33);/q;+1/p-1. The minimum absolute atomic E-state index is 0. The van der Waals surface area contributed by atoms with E-state index in [2.05, 4.69) is 23.0 Å². The Labute approximate surface area is 242 Å². The molecule has 9 nitrogen and oxygen atoms in total. The van der Waals surface area contributed by atoms with E-state index >= 15 is 0 Å². The average Bonchev–Trinajstić information content (AvgIpc) is 3.15. The summed E-state index contributed by atoms with van der Waals surface area (Å²) in [6.45, 7) is 8.40. The molecule has 0 radical (unpaired) electrons. The summed E-state index contributed by atoms with van der Waals surface area (Å²) in [6.07, 6.45) is 0.517. The molecule has 194 valence electrons. The summed E-state index contributed by atoms with van der Waals surface area (Å²) in [5.41, 5.74) is 4.37. The SMILES string of the molecule is Cc1nc(OCCC(C)(C)O)ccc1-c1cccc(COc2ccc(Cn3oc(=O)[n-]c3=O)cc2)c1C.[Na+]. The summed E-state index contributed by atoms with van der Waals surface area (Å²) < 4.78 is 17.4. The minimum atomic E-state index is -0.903. The maximum Gasteiger partial charge on any atom is 1.00 e. The van der Waals surface area contributed by atoms with E-state index in [4.69, 9.17) is 14.0 Å². The molecule has 4 aromatic rings. The van der Waals surface area contributed by atoms with Gasteiger partial charge in [-0.25, -0.2) is 9.78 Å². The molecule has 10 heteroatoms. The van der Waals surface area contributed by atoms with E-state index in [1.807, 2.05) is 31.2 Å². The van der Waals surface area contributed by atoms with Crippen molar-refractivity contribution >= 4 is 0 Å². The van der Waals surface area contributed by atoms with Crippen molar-refractivity contribution in [3.63, 3.8) is 0 Å². The fourth-order valence-corrected chi connectivity index (χ4v) is 3.85. The molecule has 38 heavy (non-hydrogen) atoms. The zero-order valence-electron chi connectivity index (χ0n) is 22.4. The molecule has 0 aliphatic carbocycles. The predicted octanol–water partition coefficient (Wildman–Crippen LogP) is 0.609. The van der Waals surface area contributed by atoms with Crippen molar-refractivity contribution < 1.29 is 48.7 Å². The average molecular weight is 528 g/mol. The first kappa shape index (κ1) is 29.4. The predicted molar refractivity (Wildman–Crippen MR) is 138 cm³/mol. The Hall–Kier alpha value is -3.11. The second kappa shape index (κ2) is 12.6. The molecular formula is C28H30N3NaO6. The van der Waals surface area contributed by atoms with Gasteiger partial charge in [-0.05, 0) is 68.1 Å². The summed E-state index contributed by atoms with van der Waals surface area (Å²) in [6, 6.07) is 17.2. The van der Waals surface area contributed by atoms with E-state index < -0.39 is 17.0 Å². The molecule has 0 amide bonds. The Kier molecular flexibility index (Phi) is 9.78. The Morgan fingerprint density at radius 1 is 1.00 bits per heavy atom. The third-order valence-electron chi connectivity index (χ3n) is 5.99. The van der Waals surface area contributed by atoms with Gasteiger partial charge in [0, 0.05) is 30.3 Å². The number of pyridine rings is 1. The van der Waals surface area contributed by atoms with Gasteiger partial charge in [0.15, 0.2) is 5.69 Å². The van der Waals surface area contributed by atoms with Crippen LogP contribution in [0.4, 0.5) is 0 Å². The zero-order valence-corrected chi connectivity index (χ0v) is 24.4. The Morgan fingerprint density at radius 3 is 2.37 bits per heavy atom. The maximum atomic E-state index is 11.6. The molecule has 0 aliphatic rings. The van der Waals surface area contributed by atoms with E-state index in [1.54, 1.807) is 38.1 Å². The van der Waals surface area contributed by atoms with Crippen LogP contribution in [0.5, 0.6) is 11.6 Å². The van der Waals surface area contributed by atoms with Crippen LogP contribution in [0.25, 0.3) is 11.1 Å². The van der Waals surface area contributed by atoms with Crippen LogP contribution < -0.4 is 55.5 Å². The summed E-state index contributed by atoms with van der Waals surface area (Å²) in [5.74, 6) is 0.307. The van der Waals surface area contributed by atoms with Gasteiger partial charge < -0.3 is 24.1 Å². The third-order valence-corrected chi connectivity index (χ3v) is 5.99. The fourth-order valence-electron chi connectivity index (χ4n) is 3.85. The number of benzene rings is 2. The number of rotatable bonds is 10. The first-order chi connectivity index (χ1) is 17.6. The zero-order chi connectivity index (χ0) is 26.6. The summed E-state index contributed by atoms with van der Waals surface area (Å²) in [5, 5.41) is 9.86. The fraction of sp³-hybridized carbons (Fsp3) is 0.321.